The highest BCUT2D eigenvalue weighted by Gasteiger charge is 2.86. The number of carbonyl (C=O) groups is 2. The fourth-order valence-corrected chi connectivity index (χ4v) is 14.3. The molecule has 7 fully saturated rings. The average Bonchev–Trinajstić information content (AvgIpc) is 3.88. The minimum absolute atomic E-state index is 0.0894. The molecule has 4 bridgehead atoms. The van der Waals surface area contributed by atoms with E-state index in [1.807, 2.05) is 0 Å². The highest BCUT2D eigenvalue weighted by molar-refractivity contribution is 5.90. The molecule has 1 N–H and O–H groups in total. The first kappa shape index (κ1) is 32.9. The summed E-state index contributed by atoms with van der Waals surface area (Å²) in [4.78, 5) is 33.5. The first-order chi connectivity index (χ1) is 22.7. The Hall–Kier alpha value is -1.24. The third-order valence-electron chi connectivity index (χ3n) is 16.1. The largest absolute Gasteiger partial charge is 0.481 e. The summed E-state index contributed by atoms with van der Waals surface area (Å²) in [7, 11) is 0. The van der Waals surface area contributed by atoms with Gasteiger partial charge in [-0.1, -0.05) is 77.4 Å². The zero-order valence-corrected chi connectivity index (χ0v) is 29.8. The lowest BCUT2D eigenvalue weighted by Gasteiger charge is -2.60. The summed E-state index contributed by atoms with van der Waals surface area (Å²) in [5.41, 5.74) is -1.40. The zero-order valence-electron chi connectivity index (χ0n) is 29.8. The van der Waals surface area contributed by atoms with Gasteiger partial charge in [0.25, 0.3) is 0 Å². The number of nitrogens with zero attached hydrogens (tertiary/aromatic N) is 2. The number of piperidine rings is 2. The van der Waals surface area contributed by atoms with Crippen LogP contribution in [-0.2, 0) is 14.3 Å². The molecule has 262 valence electrons. The molecular formula is C41H64N2O4. The lowest BCUT2D eigenvalue weighted by atomic mass is 9.41. The Balaban J connectivity index is 1.15. The van der Waals surface area contributed by atoms with Crippen LogP contribution >= 0.6 is 0 Å². The summed E-state index contributed by atoms with van der Waals surface area (Å²) >= 11 is 0. The molecule has 6 heteroatoms. The lowest BCUT2D eigenvalue weighted by molar-refractivity contribution is -0.198. The first-order valence-corrected chi connectivity index (χ1v) is 20.3. The van der Waals surface area contributed by atoms with Gasteiger partial charge in [-0.3, -0.25) is 9.69 Å². The van der Waals surface area contributed by atoms with Crippen LogP contribution in [0.2, 0.25) is 0 Å². The van der Waals surface area contributed by atoms with Crippen LogP contribution in [0.5, 0.6) is 0 Å². The molecule has 3 heterocycles. The van der Waals surface area contributed by atoms with E-state index in [9.17, 15) is 14.7 Å². The molecule has 47 heavy (non-hydrogen) atoms. The van der Waals surface area contributed by atoms with Gasteiger partial charge in [0.1, 0.15) is 11.7 Å². The number of ether oxygens (including phenoxy) is 1. The van der Waals surface area contributed by atoms with Gasteiger partial charge in [0.05, 0.1) is 17.6 Å². The number of hydrogen-bond acceptors (Lipinski definition) is 5. The molecule has 0 aromatic carbocycles. The van der Waals surface area contributed by atoms with Gasteiger partial charge in [0.15, 0.2) is 0 Å². The quantitative estimate of drug-likeness (QED) is 0.194. The van der Waals surface area contributed by atoms with Crippen molar-refractivity contribution in [1.29, 1.82) is 0 Å². The number of rotatable bonds is 10. The number of aliphatic carboxylic acids is 1. The molecule has 3 aliphatic heterocycles. The van der Waals surface area contributed by atoms with Gasteiger partial charge in [-0.15, -0.1) is 0 Å². The van der Waals surface area contributed by atoms with E-state index in [1.54, 1.807) is 0 Å². The average molecular weight is 649 g/mol. The topological polar surface area (TPSA) is 70.1 Å². The molecule has 0 aromatic rings. The minimum atomic E-state index is -1.13. The summed E-state index contributed by atoms with van der Waals surface area (Å²) in [6.45, 7) is 12.6. The van der Waals surface area contributed by atoms with Crippen LogP contribution in [0.3, 0.4) is 0 Å². The van der Waals surface area contributed by atoms with Gasteiger partial charge in [-0.25, -0.2) is 0 Å². The standard InChI is InChI=1S/C41H64N2O4/c1-27(2)35-21-31-22-39(26-44)34-15-14-28(3)33(34)23-40(31,41(35,39)38(45)46)37-20-30(19-29-11-5-6-12-29)36(47-37)25-43-18-10-7-13-32(43)24-42-16-8-4-9-17-42/h21,26-34,36-37H,4-20,22-25H2,1-3H3,(H,45,46)/t28-,30+,31?,32+,33-,34-,36+,37-,39?,40?,41+/m1/s1. The van der Waals surface area contributed by atoms with E-state index in [4.69, 9.17) is 4.74 Å². The molecule has 11 atom stereocenters. The fraction of sp³-hybridized carbons (Fsp3) is 0.902. The highest BCUT2D eigenvalue weighted by Crippen LogP contribution is 2.84. The maximum absolute atomic E-state index is 14.2. The second kappa shape index (κ2) is 12.5. The number of hydrogen-bond donors (Lipinski definition) is 1. The number of likely N-dealkylation sites (tertiary alicyclic amines) is 2. The second-order valence-electron chi connectivity index (χ2n) is 18.4. The van der Waals surface area contributed by atoms with Crippen LogP contribution in [-0.4, -0.2) is 78.1 Å². The molecule has 3 unspecified atom stereocenters. The van der Waals surface area contributed by atoms with Crippen molar-refractivity contribution in [3.8, 4) is 0 Å². The molecular weight excluding hydrogens is 584 g/mol. The highest BCUT2D eigenvalue weighted by atomic mass is 16.5. The molecule has 6 nitrogen and oxygen atoms in total. The predicted octanol–water partition coefficient (Wildman–Crippen LogP) is 7.61. The van der Waals surface area contributed by atoms with Crippen molar-refractivity contribution in [1.82, 2.24) is 9.80 Å². The van der Waals surface area contributed by atoms with Gasteiger partial charge in [0, 0.05) is 24.5 Å². The van der Waals surface area contributed by atoms with E-state index < -0.39 is 22.2 Å². The Morgan fingerprint density at radius 3 is 2.45 bits per heavy atom. The number of carboxylic acid groups (broad SMARTS) is 1. The number of allylic oxidation sites excluding steroid dienone is 1. The smallest absolute Gasteiger partial charge is 0.315 e. The molecule has 0 radical (unpaired) electrons. The van der Waals surface area contributed by atoms with Crippen molar-refractivity contribution in [2.45, 2.75) is 142 Å². The number of carboxylic acids is 1. The van der Waals surface area contributed by atoms with Crippen molar-refractivity contribution in [3.05, 3.63) is 11.6 Å². The molecule has 0 aromatic heterocycles. The summed E-state index contributed by atoms with van der Waals surface area (Å²) in [6, 6.07) is 0.606. The van der Waals surface area contributed by atoms with Crippen LogP contribution in [0.25, 0.3) is 0 Å². The van der Waals surface area contributed by atoms with Gasteiger partial charge in [-0.2, -0.15) is 0 Å². The Bertz CT molecular complexity index is 1220. The SMILES string of the molecule is CC(C)C1=CC2CC3(C=O)[C@@H]4CC[C@@H](C)[C@H]4CC2([C@H]2C[C@H](CC4CCCC4)[C@H](CN4CCCC[C@H]4CN4CCCCC4)O2)[C@]13C(=O)O. The number of aldehydes is 1. The molecule has 8 aliphatic rings. The monoisotopic (exact) mass is 648 g/mol. The molecule has 0 spiro atoms. The molecule has 5 aliphatic carbocycles. The van der Waals surface area contributed by atoms with E-state index in [0.717, 1.165) is 50.1 Å². The summed E-state index contributed by atoms with van der Waals surface area (Å²) in [6.07, 6.45) is 23.0. The van der Waals surface area contributed by atoms with Crippen LogP contribution < -0.4 is 0 Å². The normalized spacial score (nSPS) is 47.1. The third-order valence-corrected chi connectivity index (χ3v) is 16.1. The lowest BCUT2D eigenvalue weighted by Crippen LogP contribution is -2.65. The Morgan fingerprint density at radius 1 is 0.979 bits per heavy atom. The Kier molecular flexibility index (Phi) is 8.77. The maximum Gasteiger partial charge on any atom is 0.315 e. The van der Waals surface area contributed by atoms with Gasteiger partial charge in [0.2, 0.25) is 0 Å². The molecule has 4 saturated carbocycles. The summed E-state index contributed by atoms with van der Waals surface area (Å²) < 4.78 is 7.58. The maximum atomic E-state index is 14.2. The first-order valence-electron chi connectivity index (χ1n) is 20.3. The van der Waals surface area contributed by atoms with Gasteiger partial charge in [-0.05, 0) is 119 Å². The van der Waals surface area contributed by atoms with Gasteiger partial charge < -0.3 is 19.5 Å². The van der Waals surface area contributed by atoms with Crippen molar-refractivity contribution >= 4 is 12.3 Å². The molecule has 0 amide bonds. The second-order valence-corrected chi connectivity index (χ2v) is 18.4. The van der Waals surface area contributed by atoms with Gasteiger partial charge >= 0.3 is 5.97 Å². The Morgan fingerprint density at radius 2 is 1.72 bits per heavy atom. The van der Waals surface area contributed by atoms with E-state index in [2.05, 4.69) is 36.6 Å². The summed E-state index contributed by atoms with van der Waals surface area (Å²) in [5, 5.41) is 11.7. The summed E-state index contributed by atoms with van der Waals surface area (Å²) in [5.74, 6) is 1.92. The number of carbonyl (C=O) groups excluding carboxylic acids is 1. The third kappa shape index (κ3) is 4.79. The van der Waals surface area contributed by atoms with Crippen LogP contribution in [0.4, 0.5) is 0 Å². The molecule has 3 saturated heterocycles. The van der Waals surface area contributed by atoms with E-state index >= 15 is 0 Å². The van der Waals surface area contributed by atoms with Crippen molar-refractivity contribution in [2.75, 3.05) is 32.7 Å². The predicted molar refractivity (Wildman–Crippen MR) is 185 cm³/mol. The molecule has 8 rings (SSSR count). The van der Waals surface area contributed by atoms with Crippen LogP contribution in [0, 0.1) is 57.7 Å². The van der Waals surface area contributed by atoms with E-state index in [1.165, 1.54) is 103 Å². The van der Waals surface area contributed by atoms with Crippen LogP contribution in [0.15, 0.2) is 11.6 Å². The van der Waals surface area contributed by atoms with Crippen molar-refractivity contribution in [3.63, 3.8) is 0 Å². The Labute approximate surface area is 284 Å². The van der Waals surface area contributed by atoms with E-state index in [-0.39, 0.29) is 30.0 Å². The fourth-order valence-electron chi connectivity index (χ4n) is 14.3. The minimum Gasteiger partial charge on any atom is -0.481 e. The van der Waals surface area contributed by atoms with E-state index in [0.29, 0.717) is 23.8 Å². The zero-order chi connectivity index (χ0) is 32.6. The van der Waals surface area contributed by atoms with Crippen molar-refractivity contribution in [2.24, 2.45) is 57.7 Å². The van der Waals surface area contributed by atoms with Crippen molar-refractivity contribution < 1.29 is 19.4 Å². The van der Waals surface area contributed by atoms with Crippen LogP contribution in [0.1, 0.15) is 124 Å². The number of fused-ring (bicyclic) bond motifs is 2.